The molecule has 29 heavy (non-hydrogen) atoms. The van der Waals surface area contributed by atoms with E-state index in [9.17, 15) is 14.4 Å². The number of hydrogen-bond donors (Lipinski definition) is 0. The molecule has 0 atom stereocenters. The van der Waals surface area contributed by atoms with Crippen LogP contribution in [0.3, 0.4) is 0 Å². The van der Waals surface area contributed by atoms with Crippen LogP contribution in [0.2, 0.25) is 0 Å². The van der Waals surface area contributed by atoms with E-state index >= 15 is 0 Å². The molecule has 4 fully saturated rings. The zero-order valence-electron chi connectivity index (χ0n) is 17.6. The molecule has 0 spiro atoms. The molecule has 1 saturated carbocycles. The average molecular weight is 406 g/mol. The molecule has 8 heteroatoms. The molecule has 0 unspecified atom stereocenters. The average Bonchev–Trinajstić information content (AvgIpc) is 3.61. The Labute approximate surface area is 173 Å². The van der Waals surface area contributed by atoms with E-state index in [2.05, 4.69) is 9.80 Å². The van der Waals surface area contributed by atoms with Crippen LogP contribution >= 0.6 is 0 Å². The third kappa shape index (κ3) is 5.48. The summed E-state index contributed by atoms with van der Waals surface area (Å²) in [5.74, 6) is 0.969. The first-order chi connectivity index (χ1) is 14.1. The summed E-state index contributed by atoms with van der Waals surface area (Å²) < 4.78 is 0. The van der Waals surface area contributed by atoms with Crippen molar-refractivity contribution in [2.45, 2.75) is 32.1 Å². The van der Waals surface area contributed by atoms with Crippen LogP contribution in [0.15, 0.2) is 0 Å². The lowest BCUT2D eigenvalue weighted by Crippen LogP contribution is -2.55. The largest absolute Gasteiger partial charge is 0.342 e. The predicted molar refractivity (Wildman–Crippen MR) is 109 cm³/mol. The summed E-state index contributed by atoms with van der Waals surface area (Å²) in [5, 5.41) is 0. The second-order valence-corrected chi connectivity index (χ2v) is 8.97. The van der Waals surface area contributed by atoms with Crippen molar-refractivity contribution in [3.8, 4) is 0 Å². The highest BCUT2D eigenvalue weighted by atomic mass is 16.2. The number of carbonyl (C=O) groups excluding carboxylic acids is 3. The van der Waals surface area contributed by atoms with Crippen LogP contribution in [-0.2, 0) is 14.4 Å². The van der Waals surface area contributed by atoms with Gasteiger partial charge in [-0.1, -0.05) is 0 Å². The Balaban J connectivity index is 1.13. The first-order valence-corrected chi connectivity index (χ1v) is 11.4. The fraction of sp³-hybridized carbons (Fsp3) is 0.857. The van der Waals surface area contributed by atoms with E-state index in [4.69, 9.17) is 0 Å². The summed E-state index contributed by atoms with van der Waals surface area (Å²) in [5.41, 5.74) is 0. The molecule has 0 aromatic heterocycles. The molecule has 0 bridgehead atoms. The third-order valence-electron chi connectivity index (χ3n) is 6.76. The van der Waals surface area contributed by atoms with Gasteiger partial charge in [0.15, 0.2) is 0 Å². The topological polar surface area (TPSA) is 67.4 Å². The molecule has 0 radical (unpaired) electrons. The molecule has 0 aromatic rings. The molecule has 1 aliphatic carbocycles. The monoisotopic (exact) mass is 405 g/mol. The molecule has 4 rings (SSSR count). The lowest BCUT2D eigenvalue weighted by atomic mass is 10.1. The van der Waals surface area contributed by atoms with Crippen molar-refractivity contribution in [2.75, 3.05) is 78.5 Å². The van der Waals surface area contributed by atoms with Gasteiger partial charge in [0, 0.05) is 71.4 Å². The highest BCUT2D eigenvalue weighted by molar-refractivity contribution is 5.82. The number of piperazine rings is 2. The van der Waals surface area contributed by atoms with Gasteiger partial charge in [-0.15, -0.1) is 0 Å². The highest BCUT2D eigenvalue weighted by Crippen LogP contribution is 2.31. The number of nitrogens with zero attached hydrogens (tertiary/aromatic N) is 5. The first kappa shape index (κ1) is 20.6. The molecular weight excluding hydrogens is 370 g/mol. The van der Waals surface area contributed by atoms with Gasteiger partial charge in [-0.3, -0.25) is 24.2 Å². The van der Waals surface area contributed by atoms with Crippen LogP contribution in [0.25, 0.3) is 0 Å². The van der Waals surface area contributed by atoms with Gasteiger partial charge in [-0.25, -0.2) is 0 Å². The Bertz CT molecular complexity index is 601. The summed E-state index contributed by atoms with van der Waals surface area (Å²) in [6, 6.07) is 0. The Morgan fingerprint density at radius 1 is 0.552 bits per heavy atom. The van der Waals surface area contributed by atoms with E-state index in [-0.39, 0.29) is 23.6 Å². The number of likely N-dealkylation sites (tertiary alicyclic amines) is 1. The lowest BCUT2D eigenvalue weighted by Gasteiger charge is -2.38. The lowest BCUT2D eigenvalue weighted by molar-refractivity contribution is -0.141. The predicted octanol–water partition coefficient (Wildman–Crippen LogP) is -0.303. The molecule has 4 aliphatic rings. The van der Waals surface area contributed by atoms with Crippen LogP contribution in [-0.4, -0.2) is 121 Å². The Morgan fingerprint density at radius 3 is 1.48 bits per heavy atom. The minimum Gasteiger partial charge on any atom is -0.342 e. The van der Waals surface area contributed by atoms with Gasteiger partial charge < -0.3 is 14.7 Å². The minimum absolute atomic E-state index is 0.168. The first-order valence-electron chi connectivity index (χ1n) is 11.4. The number of hydrogen-bond acceptors (Lipinski definition) is 5. The van der Waals surface area contributed by atoms with Gasteiger partial charge in [0.25, 0.3) is 0 Å². The maximum absolute atomic E-state index is 12.7. The maximum atomic E-state index is 12.7. The maximum Gasteiger partial charge on any atom is 0.236 e. The van der Waals surface area contributed by atoms with Crippen molar-refractivity contribution in [1.29, 1.82) is 0 Å². The summed E-state index contributed by atoms with van der Waals surface area (Å²) in [6.45, 7) is 8.79. The normalized spacial score (nSPS) is 24.6. The minimum atomic E-state index is 0.168. The molecule has 3 heterocycles. The summed E-state index contributed by atoms with van der Waals surface area (Å²) >= 11 is 0. The molecule has 0 N–H and O–H groups in total. The number of carbonyl (C=O) groups is 3. The third-order valence-corrected chi connectivity index (χ3v) is 6.76. The van der Waals surface area contributed by atoms with Crippen molar-refractivity contribution in [1.82, 2.24) is 24.5 Å². The zero-order chi connectivity index (χ0) is 20.2. The van der Waals surface area contributed by atoms with Crippen LogP contribution in [0.1, 0.15) is 32.1 Å². The Kier molecular flexibility index (Phi) is 6.70. The fourth-order valence-electron chi connectivity index (χ4n) is 4.60. The van der Waals surface area contributed by atoms with Gasteiger partial charge in [0.1, 0.15) is 0 Å². The van der Waals surface area contributed by atoms with E-state index in [1.165, 1.54) is 6.42 Å². The molecule has 0 aromatic carbocycles. The van der Waals surface area contributed by atoms with E-state index in [1.54, 1.807) is 0 Å². The van der Waals surface area contributed by atoms with Gasteiger partial charge in [-0.05, 0) is 32.1 Å². The van der Waals surface area contributed by atoms with E-state index < -0.39 is 0 Å². The van der Waals surface area contributed by atoms with E-state index in [0.29, 0.717) is 39.3 Å². The van der Waals surface area contributed by atoms with Crippen molar-refractivity contribution in [2.24, 2.45) is 5.92 Å². The number of piperidine rings is 1. The molecule has 3 saturated heterocycles. The van der Waals surface area contributed by atoms with Gasteiger partial charge >= 0.3 is 0 Å². The Morgan fingerprint density at radius 2 is 1.00 bits per heavy atom. The second kappa shape index (κ2) is 9.43. The number of rotatable bonds is 5. The van der Waals surface area contributed by atoms with Crippen molar-refractivity contribution in [3.63, 3.8) is 0 Å². The molecule has 8 nitrogen and oxygen atoms in total. The van der Waals surface area contributed by atoms with Gasteiger partial charge in [-0.2, -0.15) is 0 Å². The fourth-order valence-corrected chi connectivity index (χ4v) is 4.60. The summed E-state index contributed by atoms with van der Waals surface area (Å²) in [6.07, 6.45) is 5.57. The van der Waals surface area contributed by atoms with Gasteiger partial charge in [0.2, 0.25) is 17.7 Å². The Hall–Kier alpha value is -1.67. The van der Waals surface area contributed by atoms with Crippen molar-refractivity contribution in [3.05, 3.63) is 0 Å². The molecule has 3 aliphatic heterocycles. The van der Waals surface area contributed by atoms with Crippen molar-refractivity contribution < 1.29 is 14.4 Å². The SMILES string of the molecule is O=C(CN1CCN(CC(=O)N2CCN(C(=O)C3CC3)CC2)CC1)N1CCCCC1. The zero-order valence-corrected chi connectivity index (χ0v) is 17.6. The standard InChI is InChI=1S/C21H35N5O3/c27-19(24-6-2-1-3-7-24)16-22-8-10-23(11-9-22)17-20(28)25-12-14-26(15-13-25)21(29)18-4-5-18/h18H,1-17H2. The molecule has 3 amide bonds. The van der Waals surface area contributed by atoms with Crippen LogP contribution in [0, 0.1) is 5.92 Å². The van der Waals surface area contributed by atoms with E-state index in [1.807, 2.05) is 14.7 Å². The van der Waals surface area contributed by atoms with Crippen LogP contribution in [0.4, 0.5) is 0 Å². The summed E-state index contributed by atoms with van der Waals surface area (Å²) in [7, 11) is 0. The quantitative estimate of drug-likeness (QED) is 0.628. The van der Waals surface area contributed by atoms with E-state index in [0.717, 1.165) is 65.0 Å². The second-order valence-electron chi connectivity index (χ2n) is 8.97. The summed E-state index contributed by atoms with van der Waals surface area (Å²) in [4.78, 5) is 47.5. The smallest absolute Gasteiger partial charge is 0.236 e. The van der Waals surface area contributed by atoms with Gasteiger partial charge in [0.05, 0.1) is 13.1 Å². The molecular formula is C21H35N5O3. The number of amides is 3. The van der Waals surface area contributed by atoms with Crippen LogP contribution in [0.5, 0.6) is 0 Å². The van der Waals surface area contributed by atoms with Crippen molar-refractivity contribution >= 4 is 17.7 Å². The highest BCUT2D eigenvalue weighted by Gasteiger charge is 2.35. The van der Waals surface area contributed by atoms with Crippen LogP contribution < -0.4 is 0 Å². The molecule has 162 valence electrons.